The molecule has 1 heterocycles. The molecule has 0 radical (unpaired) electrons. The smallest absolute Gasteiger partial charge is 0.343 e. The lowest BCUT2D eigenvalue weighted by Crippen LogP contribution is -2.08. The zero-order chi connectivity index (χ0) is 22.5. The number of hydrogen-bond donors (Lipinski definition) is 0. The van der Waals surface area contributed by atoms with Crippen molar-refractivity contribution in [2.45, 2.75) is 13.5 Å². The normalized spacial score (nSPS) is 10.7. The third kappa shape index (κ3) is 4.97. The van der Waals surface area contributed by atoms with Crippen molar-refractivity contribution < 1.29 is 28.3 Å². The number of ether oxygens (including phenoxy) is 3. The van der Waals surface area contributed by atoms with Gasteiger partial charge in [0.15, 0.2) is 5.58 Å². The third-order valence-electron chi connectivity index (χ3n) is 4.55. The molecule has 0 fully saturated rings. The Kier molecular flexibility index (Phi) is 6.51. The molecule has 162 valence electrons. The number of fused-ring (bicyclic) bond motifs is 1. The Morgan fingerprint density at radius 3 is 2.28 bits per heavy atom. The van der Waals surface area contributed by atoms with Crippen LogP contribution in [0.15, 0.2) is 75.7 Å². The van der Waals surface area contributed by atoms with Gasteiger partial charge in [-0.25, -0.2) is 9.59 Å². The zero-order valence-corrected chi connectivity index (χ0v) is 18.6. The fourth-order valence-electron chi connectivity index (χ4n) is 2.94. The van der Waals surface area contributed by atoms with Crippen LogP contribution in [-0.4, -0.2) is 23.7 Å². The standard InChI is InChI=1S/C24H18BrNO6/c1-2-29-23(27)15-5-9-18(10-6-15)30-14-21-20-12-11-19(13-22(20)32-26-21)31-24(28)16-3-7-17(25)8-4-16/h3-13H,2,14H2,1H3. The van der Waals surface area contributed by atoms with Gasteiger partial charge in [0.2, 0.25) is 0 Å². The fraction of sp³-hybridized carbons (Fsp3) is 0.125. The van der Waals surface area contributed by atoms with E-state index in [1.807, 2.05) is 0 Å². The lowest BCUT2D eigenvalue weighted by Gasteiger charge is -2.06. The minimum absolute atomic E-state index is 0.170. The highest BCUT2D eigenvalue weighted by molar-refractivity contribution is 9.10. The van der Waals surface area contributed by atoms with Gasteiger partial charge in [0.1, 0.15) is 23.8 Å². The summed E-state index contributed by atoms with van der Waals surface area (Å²) in [5, 5.41) is 4.80. The summed E-state index contributed by atoms with van der Waals surface area (Å²) < 4.78 is 22.4. The summed E-state index contributed by atoms with van der Waals surface area (Å²) >= 11 is 3.33. The quantitative estimate of drug-likeness (QED) is 0.244. The van der Waals surface area contributed by atoms with Gasteiger partial charge in [0.05, 0.1) is 17.7 Å². The Labute approximate surface area is 192 Å². The number of hydrogen-bond acceptors (Lipinski definition) is 7. The molecule has 32 heavy (non-hydrogen) atoms. The Bertz CT molecular complexity index is 1250. The van der Waals surface area contributed by atoms with Gasteiger partial charge in [-0.2, -0.15) is 0 Å². The van der Waals surface area contributed by atoms with Gasteiger partial charge in [-0.05, 0) is 67.6 Å². The highest BCUT2D eigenvalue weighted by Gasteiger charge is 2.13. The van der Waals surface area contributed by atoms with Gasteiger partial charge in [-0.3, -0.25) is 0 Å². The van der Waals surface area contributed by atoms with Crippen LogP contribution in [0.5, 0.6) is 11.5 Å². The fourth-order valence-corrected chi connectivity index (χ4v) is 3.21. The number of carbonyl (C=O) groups excluding carboxylic acids is 2. The predicted molar refractivity (Wildman–Crippen MR) is 120 cm³/mol. The van der Waals surface area contributed by atoms with Crippen molar-refractivity contribution in [2.24, 2.45) is 0 Å². The summed E-state index contributed by atoms with van der Waals surface area (Å²) in [7, 11) is 0. The van der Waals surface area contributed by atoms with E-state index in [4.69, 9.17) is 18.7 Å². The van der Waals surface area contributed by atoms with Crippen molar-refractivity contribution in [3.8, 4) is 11.5 Å². The molecule has 0 spiro atoms. The van der Waals surface area contributed by atoms with Crippen LogP contribution in [0.3, 0.4) is 0 Å². The molecule has 0 aliphatic carbocycles. The van der Waals surface area contributed by atoms with Crippen LogP contribution in [0.4, 0.5) is 0 Å². The molecule has 4 rings (SSSR count). The molecule has 0 bridgehead atoms. The van der Waals surface area contributed by atoms with Crippen LogP contribution in [0.1, 0.15) is 33.3 Å². The SMILES string of the molecule is CCOC(=O)c1ccc(OCc2noc3cc(OC(=O)c4ccc(Br)cc4)ccc23)cc1. The van der Waals surface area contributed by atoms with Gasteiger partial charge >= 0.3 is 11.9 Å². The van der Waals surface area contributed by atoms with Gasteiger partial charge in [-0.1, -0.05) is 21.1 Å². The molecule has 0 saturated carbocycles. The molecule has 0 amide bonds. The largest absolute Gasteiger partial charge is 0.487 e. The lowest BCUT2D eigenvalue weighted by atomic mass is 10.2. The third-order valence-corrected chi connectivity index (χ3v) is 5.08. The first kappa shape index (κ1) is 21.6. The molecule has 1 aromatic heterocycles. The molecular formula is C24H18BrNO6. The Balaban J connectivity index is 1.41. The number of halogens is 1. The van der Waals surface area contributed by atoms with Crippen molar-refractivity contribution in [2.75, 3.05) is 6.61 Å². The topological polar surface area (TPSA) is 87.9 Å². The molecule has 8 heteroatoms. The van der Waals surface area contributed by atoms with Crippen molar-refractivity contribution >= 4 is 38.8 Å². The van der Waals surface area contributed by atoms with E-state index in [9.17, 15) is 9.59 Å². The van der Waals surface area contributed by atoms with Crippen molar-refractivity contribution in [3.05, 3.63) is 88.0 Å². The molecule has 0 atom stereocenters. The van der Waals surface area contributed by atoms with Crippen molar-refractivity contribution in [1.82, 2.24) is 5.16 Å². The maximum Gasteiger partial charge on any atom is 0.343 e. The van der Waals surface area contributed by atoms with E-state index in [0.717, 1.165) is 9.86 Å². The summed E-state index contributed by atoms with van der Waals surface area (Å²) in [6.07, 6.45) is 0. The van der Waals surface area contributed by atoms with Gasteiger partial charge in [0, 0.05) is 15.9 Å². The second-order valence-electron chi connectivity index (χ2n) is 6.72. The van der Waals surface area contributed by atoms with Crippen molar-refractivity contribution in [3.63, 3.8) is 0 Å². The van der Waals surface area contributed by atoms with Crippen LogP contribution in [-0.2, 0) is 11.3 Å². The molecule has 3 aromatic carbocycles. The number of nitrogens with zero attached hydrogens (tertiary/aromatic N) is 1. The highest BCUT2D eigenvalue weighted by Crippen LogP contribution is 2.26. The average Bonchev–Trinajstić information content (AvgIpc) is 3.21. The summed E-state index contributed by atoms with van der Waals surface area (Å²) in [4.78, 5) is 24.0. The summed E-state index contributed by atoms with van der Waals surface area (Å²) in [5.41, 5.74) is 1.97. The van der Waals surface area contributed by atoms with E-state index in [0.29, 0.717) is 40.5 Å². The Hall–Kier alpha value is -3.65. The molecule has 0 N–H and O–H groups in total. The minimum atomic E-state index is -0.466. The summed E-state index contributed by atoms with van der Waals surface area (Å²) in [5.74, 6) is 0.0854. The van der Waals surface area contributed by atoms with E-state index in [-0.39, 0.29) is 12.6 Å². The number of rotatable bonds is 7. The minimum Gasteiger partial charge on any atom is -0.487 e. The zero-order valence-electron chi connectivity index (χ0n) is 17.0. The number of aromatic nitrogens is 1. The maximum absolute atomic E-state index is 12.3. The van der Waals surface area contributed by atoms with Crippen LogP contribution in [0.25, 0.3) is 11.0 Å². The first-order valence-corrected chi connectivity index (χ1v) is 10.6. The molecule has 7 nitrogen and oxygen atoms in total. The predicted octanol–water partition coefficient (Wildman–Crippen LogP) is 5.57. The second-order valence-corrected chi connectivity index (χ2v) is 7.63. The van der Waals surface area contributed by atoms with Gasteiger partial charge in [0.25, 0.3) is 0 Å². The van der Waals surface area contributed by atoms with Crippen LogP contribution in [0, 0.1) is 0 Å². The lowest BCUT2D eigenvalue weighted by molar-refractivity contribution is 0.0526. The summed E-state index contributed by atoms with van der Waals surface area (Å²) in [6, 6.07) is 18.6. The number of esters is 2. The molecule has 0 aliphatic heterocycles. The van der Waals surface area contributed by atoms with Crippen LogP contribution in [0.2, 0.25) is 0 Å². The monoisotopic (exact) mass is 495 g/mol. The molecule has 0 aliphatic rings. The Morgan fingerprint density at radius 1 is 0.906 bits per heavy atom. The van der Waals surface area contributed by atoms with Crippen molar-refractivity contribution in [1.29, 1.82) is 0 Å². The first-order valence-electron chi connectivity index (χ1n) is 9.79. The molecule has 0 unspecified atom stereocenters. The number of benzene rings is 3. The summed E-state index contributed by atoms with van der Waals surface area (Å²) in [6.45, 7) is 2.25. The van der Waals surface area contributed by atoms with E-state index >= 15 is 0 Å². The van der Waals surface area contributed by atoms with Crippen LogP contribution < -0.4 is 9.47 Å². The molecule has 0 saturated heterocycles. The van der Waals surface area contributed by atoms with Gasteiger partial charge < -0.3 is 18.7 Å². The van der Waals surface area contributed by atoms with E-state index in [1.54, 1.807) is 73.7 Å². The van der Waals surface area contributed by atoms with E-state index in [2.05, 4.69) is 21.1 Å². The van der Waals surface area contributed by atoms with Gasteiger partial charge in [-0.15, -0.1) is 0 Å². The Morgan fingerprint density at radius 2 is 1.56 bits per heavy atom. The average molecular weight is 496 g/mol. The maximum atomic E-state index is 12.3. The highest BCUT2D eigenvalue weighted by atomic mass is 79.9. The van der Waals surface area contributed by atoms with E-state index < -0.39 is 5.97 Å². The van der Waals surface area contributed by atoms with E-state index in [1.165, 1.54) is 0 Å². The van der Waals surface area contributed by atoms with Crippen LogP contribution >= 0.6 is 15.9 Å². The molecule has 4 aromatic rings. The number of carbonyl (C=O) groups is 2. The first-order chi connectivity index (χ1) is 15.5. The molecular weight excluding hydrogens is 478 g/mol. The second kappa shape index (κ2) is 9.65.